The average molecular weight is 522 g/mol. The number of nitrogens with one attached hydrogen (secondary N) is 3. The number of nitrogens with zero attached hydrogens (tertiary/aromatic N) is 2. The summed E-state index contributed by atoms with van der Waals surface area (Å²) in [6, 6.07) is 9.76. The molecule has 1 atom stereocenters. The zero-order valence-electron chi connectivity index (χ0n) is 20.0. The molecule has 1 aliphatic heterocycles. The number of ether oxygens (including phenoxy) is 1. The van der Waals surface area contributed by atoms with Gasteiger partial charge < -0.3 is 20.5 Å². The number of anilines is 1. The van der Waals surface area contributed by atoms with Crippen molar-refractivity contribution in [2.24, 2.45) is 0 Å². The van der Waals surface area contributed by atoms with Crippen molar-refractivity contribution >= 4 is 35.3 Å². The smallest absolute Gasteiger partial charge is 0.331 e. The van der Waals surface area contributed by atoms with Gasteiger partial charge in [-0.25, -0.2) is 18.9 Å². The number of hydrogen-bond donors (Lipinski definition) is 4. The van der Waals surface area contributed by atoms with Crippen molar-refractivity contribution in [3.8, 4) is 5.75 Å². The van der Waals surface area contributed by atoms with Crippen LogP contribution in [0, 0.1) is 5.82 Å². The van der Waals surface area contributed by atoms with Gasteiger partial charge in [0.15, 0.2) is 17.9 Å². The van der Waals surface area contributed by atoms with Crippen LogP contribution in [0.25, 0.3) is 0 Å². The van der Waals surface area contributed by atoms with Crippen LogP contribution in [0.3, 0.4) is 0 Å². The highest BCUT2D eigenvalue weighted by atomic mass is 35.5. The minimum absolute atomic E-state index is 0.0746. The molecule has 12 heteroatoms. The van der Waals surface area contributed by atoms with Crippen molar-refractivity contribution in [1.82, 2.24) is 20.4 Å². The molecule has 0 spiro atoms. The van der Waals surface area contributed by atoms with Crippen LogP contribution in [0.1, 0.15) is 25.8 Å². The normalized spacial score (nSPS) is 15.7. The maximum atomic E-state index is 14.5. The number of carbonyl (C=O) groups excluding carboxylic acids is 3. The van der Waals surface area contributed by atoms with E-state index in [1.165, 1.54) is 17.0 Å². The minimum Gasteiger partial charge on any atom is -0.488 e. The largest absolute Gasteiger partial charge is 0.488 e. The fourth-order valence-corrected chi connectivity index (χ4v) is 3.60. The number of amides is 5. The molecule has 0 aliphatic carbocycles. The van der Waals surface area contributed by atoms with E-state index in [2.05, 4.69) is 16.0 Å². The second-order valence-electron chi connectivity index (χ2n) is 8.32. The van der Waals surface area contributed by atoms with E-state index in [-0.39, 0.29) is 44.5 Å². The summed E-state index contributed by atoms with van der Waals surface area (Å²) in [6.45, 7) is 3.35. The molecule has 10 nitrogen and oxygen atoms in total. The summed E-state index contributed by atoms with van der Waals surface area (Å²) in [5.41, 5.74) is 1.06. The fraction of sp³-hybridized carbons (Fsp3) is 0.375. The van der Waals surface area contributed by atoms with Gasteiger partial charge in [0.1, 0.15) is 0 Å². The Morgan fingerprint density at radius 3 is 2.58 bits per heavy atom. The summed E-state index contributed by atoms with van der Waals surface area (Å²) >= 11 is 5.97. The molecule has 0 bridgehead atoms. The Kier molecular flexibility index (Phi) is 9.31. The van der Waals surface area contributed by atoms with Gasteiger partial charge in [-0.2, -0.15) is 0 Å². The standard InChI is InChI=1S/C24H29ClFN5O5/c1-15(2)36-20-8-7-18(13-19(20)26)28-22-29-23(34)30(11-9-21(33)27-10-12-32)24(35)31(22)14-16-3-5-17(25)6-4-16/h3-8,13,15,22,28,32H,9-12,14H2,1-2H3,(H,27,33)(H,29,34). The molecule has 1 heterocycles. The molecule has 36 heavy (non-hydrogen) atoms. The summed E-state index contributed by atoms with van der Waals surface area (Å²) in [5.74, 6) is -0.918. The summed E-state index contributed by atoms with van der Waals surface area (Å²) in [4.78, 5) is 40.3. The molecule has 1 aliphatic rings. The average Bonchev–Trinajstić information content (AvgIpc) is 2.82. The molecule has 1 saturated heterocycles. The van der Waals surface area contributed by atoms with Crippen LogP contribution in [0.15, 0.2) is 42.5 Å². The first-order valence-corrected chi connectivity index (χ1v) is 11.8. The van der Waals surface area contributed by atoms with Crippen LogP contribution >= 0.6 is 11.6 Å². The molecule has 0 radical (unpaired) electrons. The first-order chi connectivity index (χ1) is 17.2. The van der Waals surface area contributed by atoms with Crippen molar-refractivity contribution in [2.45, 2.75) is 39.2 Å². The Bertz CT molecular complexity index is 1090. The molecule has 4 N–H and O–H groups in total. The molecule has 1 fully saturated rings. The number of carbonyl (C=O) groups is 3. The third kappa shape index (κ3) is 7.22. The molecule has 0 aromatic heterocycles. The Morgan fingerprint density at radius 1 is 1.22 bits per heavy atom. The second kappa shape index (κ2) is 12.4. The van der Waals surface area contributed by atoms with Crippen LogP contribution in [-0.4, -0.2) is 65.0 Å². The van der Waals surface area contributed by atoms with Crippen LogP contribution < -0.4 is 20.7 Å². The third-order valence-corrected chi connectivity index (χ3v) is 5.41. The van der Waals surface area contributed by atoms with Crippen molar-refractivity contribution in [3.63, 3.8) is 0 Å². The number of urea groups is 2. The number of imide groups is 1. The van der Waals surface area contributed by atoms with E-state index in [9.17, 15) is 18.8 Å². The fourth-order valence-electron chi connectivity index (χ4n) is 3.48. The lowest BCUT2D eigenvalue weighted by molar-refractivity contribution is -0.121. The van der Waals surface area contributed by atoms with Gasteiger partial charge in [0.2, 0.25) is 5.91 Å². The number of rotatable bonds is 11. The first kappa shape index (κ1) is 27.0. The summed E-state index contributed by atoms with van der Waals surface area (Å²) < 4.78 is 19.9. The molecule has 0 saturated carbocycles. The van der Waals surface area contributed by atoms with Crippen LogP contribution in [0.2, 0.25) is 5.02 Å². The van der Waals surface area contributed by atoms with Gasteiger partial charge >= 0.3 is 12.1 Å². The molecule has 1 unspecified atom stereocenters. The topological polar surface area (TPSA) is 123 Å². The van der Waals surface area contributed by atoms with Crippen molar-refractivity contribution in [3.05, 3.63) is 58.9 Å². The Morgan fingerprint density at radius 2 is 1.94 bits per heavy atom. The molecular formula is C24H29ClFN5O5. The lowest BCUT2D eigenvalue weighted by atomic mass is 10.2. The van der Waals surface area contributed by atoms with Gasteiger partial charge in [-0.05, 0) is 43.7 Å². The second-order valence-corrected chi connectivity index (χ2v) is 8.76. The molecule has 194 valence electrons. The van der Waals surface area contributed by atoms with E-state index in [1.807, 2.05) is 0 Å². The number of aliphatic hydroxyl groups excluding tert-OH is 1. The van der Waals surface area contributed by atoms with E-state index in [0.29, 0.717) is 10.7 Å². The predicted molar refractivity (Wildman–Crippen MR) is 132 cm³/mol. The van der Waals surface area contributed by atoms with Crippen molar-refractivity contribution in [1.29, 1.82) is 0 Å². The Labute approximate surface area is 213 Å². The van der Waals surface area contributed by atoms with Crippen LogP contribution in [-0.2, 0) is 11.3 Å². The van der Waals surface area contributed by atoms with Crippen LogP contribution in [0.4, 0.5) is 19.7 Å². The van der Waals surface area contributed by atoms with Gasteiger partial charge in [0.05, 0.1) is 19.3 Å². The molecule has 3 rings (SSSR count). The van der Waals surface area contributed by atoms with E-state index >= 15 is 0 Å². The maximum absolute atomic E-state index is 14.5. The van der Waals surface area contributed by atoms with Crippen molar-refractivity contribution < 1.29 is 28.6 Å². The monoisotopic (exact) mass is 521 g/mol. The zero-order valence-corrected chi connectivity index (χ0v) is 20.7. The highest BCUT2D eigenvalue weighted by molar-refractivity contribution is 6.30. The number of aliphatic hydroxyl groups is 1. The summed E-state index contributed by atoms with van der Waals surface area (Å²) in [7, 11) is 0. The molecule has 5 amide bonds. The van der Waals surface area contributed by atoms with Gasteiger partial charge in [-0.3, -0.25) is 15.0 Å². The SMILES string of the molecule is CC(C)Oc1ccc(NC2NC(=O)N(CCC(=O)NCCO)C(=O)N2Cc2ccc(Cl)cc2)cc1F. The summed E-state index contributed by atoms with van der Waals surface area (Å²) in [6.07, 6.45) is -1.34. The number of halogens is 2. The van der Waals surface area contributed by atoms with E-state index in [4.69, 9.17) is 21.4 Å². The third-order valence-electron chi connectivity index (χ3n) is 5.15. The Balaban J connectivity index is 1.80. The summed E-state index contributed by atoms with van der Waals surface area (Å²) in [5, 5.41) is 17.5. The van der Waals surface area contributed by atoms with Gasteiger partial charge in [0.25, 0.3) is 0 Å². The first-order valence-electron chi connectivity index (χ1n) is 11.4. The minimum atomic E-state index is -1.00. The molecule has 2 aromatic rings. The molecule has 2 aromatic carbocycles. The van der Waals surface area contributed by atoms with Gasteiger partial charge in [-0.1, -0.05) is 23.7 Å². The number of benzene rings is 2. The van der Waals surface area contributed by atoms with E-state index < -0.39 is 30.1 Å². The molecular weight excluding hydrogens is 493 g/mol. The quantitative estimate of drug-likeness (QED) is 0.360. The lowest BCUT2D eigenvalue weighted by Gasteiger charge is -2.41. The van der Waals surface area contributed by atoms with Gasteiger partial charge in [-0.15, -0.1) is 0 Å². The maximum Gasteiger partial charge on any atom is 0.331 e. The lowest BCUT2D eigenvalue weighted by Crippen LogP contribution is -2.67. The predicted octanol–water partition coefficient (Wildman–Crippen LogP) is 3.11. The van der Waals surface area contributed by atoms with Gasteiger partial charge in [0, 0.05) is 36.3 Å². The number of hydrogen-bond acceptors (Lipinski definition) is 6. The zero-order chi connectivity index (χ0) is 26.2. The Hall–Kier alpha value is -3.57. The van der Waals surface area contributed by atoms with Crippen LogP contribution in [0.5, 0.6) is 5.75 Å². The van der Waals surface area contributed by atoms with Crippen molar-refractivity contribution in [2.75, 3.05) is 25.0 Å². The van der Waals surface area contributed by atoms with E-state index in [0.717, 1.165) is 10.5 Å². The van der Waals surface area contributed by atoms with E-state index in [1.54, 1.807) is 44.2 Å². The highest BCUT2D eigenvalue weighted by Gasteiger charge is 2.38. The highest BCUT2D eigenvalue weighted by Crippen LogP contribution is 2.24.